The molecule has 1 aromatic carbocycles. The molecule has 2 heterocycles. The van der Waals surface area contributed by atoms with Gasteiger partial charge in [0.25, 0.3) is 5.56 Å². The highest BCUT2D eigenvalue weighted by atomic mass is 19.1. The number of anilines is 1. The third kappa shape index (κ3) is 2.42. The molecule has 1 fully saturated rings. The fourth-order valence-corrected chi connectivity index (χ4v) is 2.30. The highest BCUT2D eigenvalue weighted by Gasteiger charge is 2.13. The number of hydrogen-bond donors (Lipinski definition) is 1. The monoisotopic (exact) mass is 274 g/mol. The molecule has 1 aromatic heterocycles. The maximum Gasteiger partial charge on any atom is 0.273 e. The number of piperazine rings is 1. The lowest BCUT2D eigenvalue weighted by molar-refractivity contribution is 0.584. The zero-order valence-corrected chi connectivity index (χ0v) is 10.9. The molecule has 1 saturated heterocycles. The molecule has 5 nitrogen and oxygen atoms in total. The molecule has 1 aliphatic rings. The smallest absolute Gasteiger partial charge is 0.273 e. The van der Waals surface area contributed by atoms with Crippen molar-refractivity contribution >= 4 is 5.69 Å². The maximum absolute atomic E-state index is 13.7. The zero-order chi connectivity index (χ0) is 13.9. The molecule has 0 aliphatic carbocycles. The number of nitrogens with one attached hydrogen (secondary N) is 1. The first-order valence-electron chi connectivity index (χ1n) is 6.56. The number of halogens is 1. The molecule has 0 saturated carbocycles. The average molecular weight is 274 g/mol. The van der Waals surface area contributed by atoms with Crippen LogP contribution in [0, 0.1) is 5.82 Å². The standard InChI is InChI=1S/C14H15FN4O/c15-12-3-1-2-4-13(12)19-14(20)9-11(10-17-19)18-7-5-16-6-8-18/h1-4,9-10,16H,5-8H2. The van der Waals surface area contributed by atoms with Gasteiger partial charge in [0.15, 0.2) is 0 Å². The molecular formula is C14H15FN4O. The lowest BCUT2D eigenvalue weighted by atomic mass is 10.3. The Morgan fingerprint density at radius 1 is 1.20 bits per heavy atom. The first-order valence-corrected chi connectivity index (χ1v) is 6.56. The van der Waals surface area contributed by atoms with Crippen molar-refractivity contribution in [1.29, 1.82) is 0 Å². The summed E-state index contributed by atoms with van der Waals surface area (Å²) in [5.41, 5.74) is 0.625. The minimum Gasteiger partial charge on any atom is -0.368 e. The van der Waals surface area contributed by atoms with Crippen LogP contribution in [0.1, 0.15) is 0 Å². The van der Waals surface area contributed by atoms with E-state index in [1.54, 1.807) is 18.3 Å². The Morgan fingerprint density at radius 3 is 2.65 bits per heavy atom. The Balaban J connectivity index is 1.96. The van der Waals surface area contributed by atoms with E-state index in [4.69, 9.17) is 0 Å². The molecule has 1 aliphatic heterocycles. The Labute approximate surface area is 115 Å². The van der Waals surface area contributed by atoms with Crippen LogP contribution in [-0.4, -0.2) is 36.0 Å². The van der Waals surface area contributed by atoms with Gasteiger partial charge in [-0.15, -0.1) is 0 Å². The summed E-state index contributed by atoms with van der Waals surface area (Å²) in [7, 11) is 0. The van der Waals surface area contributed by atoms with E-state index in [0.29, 0.717) is 0 Å². The summed E-state index contributed by atoms with van der Waals surface area (Å²) in [4.78, 5) is 14.2. The van der Waals surface area contributed by atoms with E-state index in [0.717, 1.165) is 36.5 Å². The summed E-state index contributed by atoms with van der Waals surface area (Å²) in [6.45, 7) is 3.45. The number of hydrogen-bond acceptors (Lipinski definition) is 4. The predicted octanol–water partition coefficient (Wildman–Crippen LogP) is 0.781. The van der Waals surface area contributed by atoms with Crippen molar-refractivity contribution in [3.8, 4) is 5.69 Å². The van der Waals surface area contributed by atoms with Crippen LogP contribution in [0.3, 0.4) is 0 Å². The molecule has 2 aromatic rings. The van der Waals surface area contributed by atoms with E-state index in [-0.39, 0.29) is 11.2 Å². The van der Waals surface area contributed by atoms with Gasteiger partial charge < -0.3 is 10.2 Å². The van der Waals surface area contributed by atoms with Gasteiger partial charge in [0, 0.05) is 32.2 Å². The molecule has 0 atom stereocenters. The second-order valence-corrected chi connectivity index (χ2v) is 4.65. The van der Waals surface area contributed by atoms with Gasteiger partial charge in [0.1, 0.15) is 11.5 Å². The van der Waals surface area contributed by atoms with Crippen molar-refractivity contribution in [2.75, 3.05) is 31.1 Å². The van der Waals surface area contributed by atoms with Gasteiger partial charge in [-0.1, -0.05) is 12.1 Å². The van der Waals surface area contributed by atoms with Gasteiger partial charge in [0.05, 0.1) is 11.9 Å². The second kappa shape index (κ2) is 5.42. The van der Waals surface area contributed by atoms with Crippen molar-refractivity contribution in [3.63, 3.8) is 0 Å². The Kier molecular flexibility index (Phi) is 3.47. The highest BCUT2D eigenvalue weighted by Crippen LogP contribution is 2.13. The molecule has 1 N–H and O–H groups in total. The molecule has 0 bridgehead atoms. The number of rotatable bonds is 2. The van der Waals surface area contributed by atoms with Crippen LogP contribution in [0.4, 0.5) is 10.1 Å². The first kappa shape index (κ1) is 12.8. The SMILES string of the molecule is O=c1cc(N2CCNCC2)cnn1-c1ccccc1F. The van der Waals surface area contributed by atoms with Gasteiger partial charge in [-0.2, -0.15) is 9.78 Å². The Morgan fingerprint density at radius 2 is 1.95 bits per heavy atom. The lowest BCUT2D eigenvalue weighted by Crippen LogP contribution is -2.44. The summed E-state index contributed by atoms with van der Waals surface area (Å²) in [6, 6.07) is 7.61. The normalized spacial score (nSPS) is 15.3. The van der Waals surface area contributed by atoms with Crippen molar-refractivity contribution in [3.05, 3.63) is 52.7 Å². The average Bonchev–Trinajstić information content (AvgIpc) is 2.49. The van der Waals surface area contributed by atoms with Crippen molar-refractivity contribution < 1.29 is 4.39 Å². The third-order valence-electron chi connectivity index (χ3n) is 3.35. The molecule has 0 radical (unpaired) electrons. The van der Waals surface area contributed by atoms with E-state index >= 15 is 0 Å². The molecule has 6 heteroatoms. The predicted molar refractivity (Wildman–Crippen MR) is 74.9 cm³/mol. The molecule has 3 rings (SSSR count). The summed E-state index contributed by atoms with van der Waals surface area (Å²) in [5, 5.41) is 7.34. The van der Waals surface area contributed by atoms with Gasteiger partial charge in [-0.3, -0.25) is 4.79 Å². The highest BCUT2D eigenvalue weighted by molar-refractivity contribution is 5.44. The van der Waals surface area contributed by atoms with Crippen LogP contribution in [0.15, 0.2) is 41.3 Å². The summed E-state index contributed by atoms with van der Waals surface area (Å²) < 4.78 is 14.8. The molecule has 0 spiro atoms. The van der Waals surface area contributed by atoms with Crippen LogP contribution >= 0.6 is 0 Å². The molecular weight excluding hydrogens is 259 g/mol. The third-order valence-corrected chi connectivity index (χ3v) is 3.35. The van der Waals surface area contributed by atoms with Crippen LogP contribution in [0.25, 0.3) is 5.69 Å². The van der Waals surface area contributed by atoms with Crippen molar-refractivity contribution in [2.24, 2.45) is 0 Å². The van der Waals surface area contributed by atoms with Gasteiger partial charge >= 0.3 is 0 Å². The number of aromatic nitrogens is 2. The van der Waals surface area contributed by atoms with Crippen LogP contribution in [0.5, 0.6) is 0 Å². The van der Waals surface area contributed by atoms with E-state index in [9.17, 15) is 9.18 Å². The summed E-state index contributed by atoms with van der Waals surface area (Å²) in [5.74, 6) is -0.461. The number of benzene rings is 1. The van der Waals surface area contributed by atoms with Crippen LogP contribution < -0.4 is 15.8 Å². The topological polar surface area (TPSA) is 50.2 Å². The number of nitrogens with zero attached hydrogens (tertiary/aromatic N) is 3. The Bertz CT molecular complexity index is 664. The van der Waals surface area contributed by atoms with E-state index < -0.39 is 5.82 Å². The molecule has 0 amide bonds. The van der Waals surface area contributed by atoms with Crippen LogP contribution in [0.2, 0.25) is 0 Å². The fraction of sp³-hybridized carbons (Fsp3) is 0.286. The van der Waals surface area contributed by atoms with Crippen molar-refractivity contribution in [2.45, 2.75) is 0 Å². The molecule has 0 unspecified atom stereocenters. The first-order chi connectivity index (χ1) is 9.75. The second-order valence-electron chi connectivity index (χ2n) is 4.65. The Hall–Kier alpha value is -2.21. The summed E-state index contributed by atoms with van der Waals surface area (Å²) in [6.07, 6.45) is 1.61. The van der Waals surface area contributed by atoms with Crippen LogP contribution in [-0.2, 0) is 0 Å². The molecule has 104 valence electrons. The van der Waals surface area contributed by atoms with Gasteiger partial charge in [0.2, 0.25) is 0 Å². The van der Waals surface area contributed by atoms with Crippen molar-refractivity contribution in [1.82, 2.24) is 15.1 Å². The van der Waals surface area contributed by atoms with E-state index in [2.05, 4.69) is 15.3 Å². The quantitative estimate of drug-likeness (QED) is 0.879. The molecule has 20 heavy (non-hydrogen) atoms. The minimum absolute atomic E-state index is 0.171. The lowest BCUT2D eigenvalue weighted by Gasteiger charge is -2.28. The maximum atomic E-state index is 13.7. The number of para-hydroxylation sites is 1. The summed E-state index contributed by atoms with van der Waals surface area (Å²) >= 11 is 0. The largest absolute Gasteiger partial charge is 0.368 e. The minimum atomic E-state index is -0.461. The van der Waals surface area contributed by atoms with E-state index in [1.165, 1.54) is 18.2 Å². The fourth-order valence-electron chi connectivity index (χ4n) is 2.30. The zero-order valence-electron chi connectivity index (χ0n) is 10.9. The van der Waals surface area contributed by atoms with Gasteiger partial charge in [-0.25, -0.2) is 4.39 Å². The van der Waals surface area contributed by atoms with Gasteiger partial charge in [-0.05, 0) is 12.1 Å². The van der Waals surface area contributed by atoms with E-state index in [1.807, 2.05) is 0 Å².